The van der Waals surface area contributed by atoms with E-state index in [9.17, 15) is 44.1 Å². The van der Waals surface area contributed by atoms with E-state index in [-0.39, 0.29) is 138 Å². The van der Waals surface area contributed by atoms with Gasteiger partial charge < -0.3 is 55.2 Å². The molecule has 0 bridgehead atoms. The molecule has 0 aliphatic carbocycles. The fourth-order valence-corrected chi connectivity index (χ4v) is 1.40. The molecule has 0 saturated carbocycles. The first-order valence-electron chi connectivity index (χ1n) is 6.28. The minimum Gasteiger partial charge on any atom is -0.550 e. The number of aliphatic hydroxyl groups is 2. The maximum absolute atomic E-state index is 10.3. The zero-order valence-corrected chi connectivity index (χ0v) is 24.5. The summed E-state index contributed by atoms with van der Waals surface area (Å²) in [5.74, 6) is -11.0. The van der Waals surface area contributed by atoms with Gasteiger partial charge in [0.05, 0.1) is 18.8 Å². The first-order chi connectivity index (χ1) is 11.6. The second-order valence-corrected chi connectivity index (χ2v) is 4.89. The van der Waals surface area contributed by atoms with E-state index in [0.717, 1.165) is 0 Å². The number of carboxylic acids is 6. The standard InChI is InChI=1S/2C6H8O7.Eu.3Na/c2*7-3(8)1-6(13,5(11)12)2-4(9)10;;;;/h2*13H,1-2H2,(H,7,8)(H,9,10)(H,11,12);;;;/q;;;3*+1/p-3. The molecule has 0 amide bonds. The monoisotopic (exact) mass is 603 g/mol. The number of carboxylic acid groups (broad SMARTS) is 6. The van der Waals surface area contributed by atoms with E-state index in [4.69, 9.17) is 25.5 Å². The van der Waals surface area contributed by atoms with Gasteiger partial charge in [-0.15, -0.1) is 0 Å². The molecule has 1 radical (unpaired) electrons. The van der Waals surface area contributed by atoms with Crippen LogP contribution < -0.4 is 104 Å². The van der Waals surface area contributed by atoms with Crippen LogP contribution in [0.4, 0.5) is 0 Å². The van der Waals surface area contributed by atoms with Gasteiger partial charge in [0.2, 0.25) is 0 Å². The van der Waals surface area contributed by atoms with Crippen molar-refractivity contribution in [1.29, 1.82) is 0 Å². The summed E-state index contributed by atoms with van der Waals surface area (Å²) in [6.45, 7) is 0. The summed E-state index contributed by atoms with van der Waals surface area (Å²) in [7, 11) is 0. The maximum atomic E-state index is 10.3. The summed E-state index contributed by atoms with van der Waals surface area (Å²) in [5.41, 5.74) is -5.71. The van der Waals surface area contributed by atoms with E-state index in [2.05, 4.69) is 0 Å². The first-order valence-corrected chi connectivity index (χ1v) is 6.28. The van der Waals surface area contributed by atoms with Gasteiger partial charge in [-0.05, 0) is 0 Å². The number of carbonyl (C=O) groups is 6. The minimum absolute atomic E-state index is 0. The predicted octanol–water partition coefficient (Wildman–Crippen LogP) is -15.5. The van der Waals surface area contributed by atoms with Crippen molar-refractivity contribution < 1.29 is 208 Å². The molecule has 18 heteroatoms. The van der Waals surface area contributed by atoms with Gasteiger partial charge in [-0.25, -0.2) is 4.79 Å². The van der Waals surface area contributed by atoms with Gasteiger partial charge in [0.15, 0.2) is 5.60 Å². The van der Waals surface area contributed by atoms with E-state index in [1.807, 2.05) is 0 Å². The molecule has 0 saturated heterocycles. The van der Waals surface area contributed by atoms with Crippen molar-refractivity contribution >= 4 is 35.8 Å². The third kappa shape index (κ3) is 21.2. The summed E-state index contributed by atoms with van der Waals surface area (Å²) in [5, 5.41) is 72.7. The minimum atomic E-state index is -2.97. The molecule has 5 N–H and O–H groups in total. The van der Waals surface area contributed by atoms with Crippen molar-refractivity contribution in [2.24, 2.45) is 0 Å². The Balaban J connectivity index is -0.0000000847. The van der Waals surface area contributed by atoms with Crippen LogP contribution in [0.25, 0.3) is 0 Å². The molecule has 0 fully saturated rings. The summed E-state index contributed by atoms with van der Waals surface area (Å²) in [6.07, 6.45) is -5.00. The fraction of sp³-hybridized carbons (Fsp3) is 0.500. The number of hydrogen-bond donors (Lipinski definition) is 5. The third-order valence-corrected chi connectivity index (χ3v) is 2.54. The van der Waals surface area contributed by atoms with E-state index in [1.54, 1.807) is 0 Å². The Labute approximate surface area is 275 Å². The summed E-state index contributed by atoms with van der Waals surface area (Å²) >= 11 is 0. The molecule has 0 atom stereocenters. The van der Waals surface area contributed by atoms with Crippen LogP contribution >= 0.6 is 0 Å². The topological polar surface area (TPSA) is 273 Å². The second kappa shape index (κ2) is 20.9. The molecule has 30 heavy (non-hydrogen) atoms. The molecular weight excluding hydrogens is 589 g/mol. The number of carbonyl (C=O) groups excluding carboxylic acids is 3. The van der Waals surface area contributed by atoms with Crippen molar-refractivity contribution in [3.8, 4) is 0 Å². The van der Waals surface area contributed by atoms with Gasteiger partial charge >= 0.3 is 107 Å². The van der Waals surface area contributed by atoms with Gasteiger partial charge in [0, 0.05) is 74.2 Å². The molecule has 0 aromatic carbocycles. The zero-order chi connectivity index (χ0) is 21.3. The van der Waals surface area contributed by atoms with Crippen LogP contribution in [0, 0.1) is 49.4 Å². The van der Waals surface area contributed by atoms with Crippen LogP contribution in [-0.4, -0.2) is 72.6 Å². The quantitative estimate of drug-likeness (QED) is 0.145. The Hall–Kier alpha value is 1.32. The molecule has 0 heterocycles. The molecule has 14 nitrogen and oxygen atoms in total. The zero-order valence-electron chi connectivity index (χ0n) is 16.1. The molecule has 0 unspecified atom stereocenters. The van der Waals surface area contributed by atoms with Gasteiger partial charge in [0.25, 0.3) is 0 Å². The van der Waals surface area contributed by atoms with Crippen LogP contribution in [0.3, 0.4) is 0 Å². The molecule has 0 rings (SSSR count). The molecule has 0 aliphatic heterocycles. The predicted molar refractivity (Wildman–Crippen MR) is 66.3 cm³/mol. The average molecular weight is 602 g/mol. The maximum Gasteiger partial charge on any atom is 1.00 e. The van der Waals surface area contributed by atoms with Crippen LogP contribution in [0.2, 0.25) is 0 Å². The molecule has 0 aliphatic rings. The van der Waals surface area contributed by atoms with Crippen molar-refractivity contribution in [2.75, 3.05) is 0 Å². The van der Waals surface area contributed by atoms with E-state index >= 15 is 0 Å². The number of hydrogen-bond acceptors (Lipinski definition) is 11. The Bertz CT molecular complexity index is 527. The molecule has 0 spiro atoms. The van der Waals surface area contributed by atoms with Gasteiger partial charge in [0.1, 0.15) is 5.60 Å². The Kier molecular flexibility index (Phi) is 31.3. The largest absolute Gasteiger partial charge is 1.00 e. The Morgan fingerprint density at radius 3 is 1.00 bits per heavy atom. The van der Waals surface area contributed by atoms with Crippen molar-refractivity contribution in [1.82, 2.24) is 0 Å². The molecular formula is C12H13EuNa3O14. The third-order valence-electron chi connectivity index (χ3n) is 2.54. The van der Waals surface area contributed by atoms with E-state index < -0.39 is 72.7 Å². The SMILES string of the molecule is O=C(O)CC(O)(CC(=O)O)C(=O)O.O=C([O-])CC(O)(CC(=O)[O-])C(=O)[O-].[Eu].[Na+].[Na+].[Na+]. The van der Waals surface area contributed by atoms with Crippen molar-refractivity contribution in [3.05, 3.63) is 0 Å². The fourth-order valence-electron chi connectivity index (χ4n) is 1.40. The summed E-state index contributed by atoms with van der Waals surface area (Å²) < 4.78 is 0. The first kappa shape index (κ1) is 44.9. The molecule has 155 valence electrons. The number of aliphatic carboxylic acids is 6. The van der Waals surface area contributed by atoms with Gasteiger partial charge in [-0.2, -0.15) is 0 Å². The Morgan fingerprint density at radius 2 is 0.867 bits per heavy atom. The van der Waals surface area contributed by atoms with Crippen LogP contribution in [0.5, 0.6) is 0 Å². The van der Waals surface area contributed by atoms with E-state index in [0.29, 0.717) is 0 Å². The van der Waals surface area contributed by atoms with Crippen LogP contribution in [0.15, 0.2) is 0 Å². The molecule has 0 aromatic rings. The van der Waals surface area contributed by atoms with E-state index in [1.165, 1.54) is 0 Å². The summed E-state index contributed by atoms with van der Waals surface area (Å²) in [4.78, 5) is 60.5. The average Bonchev–Trinajstić information content (AvgIpc) is 2.34. The Morgan fingerprint density at radius 1 is 0.600 bits per heavy atom. The molecule has 0 aromatic heterocycles. The van der Waals surface area contributed by atoms with Crippen molar-refractivity contribution in [3.63, 3.8) is 0 Å². The van der Waals surface area contributed by atoms with Gasteiger partial charge in [-0.1, -0.05) is 0 Å². The van der Waals surface area contributed by atoms with Crippen LogP contribution in [-0.2, 0) is 28.8 Å². The second-order valence-electron chi connectivity index (χ2n) is 4.89. The van der Waals surface area contributed by atoms with Crippen molar-refractivity contribution in [2.45, 2.75) is 36.9 Å². The smallest absolute Gasteiger partial charge is 0.550 e. The van der Waals surface area contributed by atoms with Gasteiger partial charge in [-0.3, -0.25) is 9.59 Å². The summed E-state index contributed by atoms with van der Waals surface area (Å²) in [6, 6.07) is 0. The normalized spacial score (nSPS) is 9.40. The number of rotatable bonds is 10. The van der Waals surface area contributed by atoms with Crippen LogP contribution in [0.1, 0.15) is 25.7 Å².